The number of aliphatic imine (C=N–C) groups is 3. The molecule has 3 rings (SSSR count). The van der Waals surface area contributed by atoms with Gasteiger partial charge in [-0.2, -0.15) is 4.99 Å². The summed E-state index contributed by atoms with van der Waals surface area (Å²) in [4.78, 5) is 25.7. The molecule has 0 spiro atoms. The third-order valence-electron chi connectivity index (χ3n) is 1.61. The van der Waals surface area contributed by atoms with Gasteiger partial charge >= 0.3 is 0 Å². The highest BCUT2D eigenvalue weighted by Crippen LogP contribution is 2.09. The van der Waals surface area contributed by atoms with Crippen molar-refractivity contribution in [2.24, 2.45) is 15.0 Å². The molecule has 0 aliphatic carbocycles. The summed E-state index contributed by atoms with van der Waals surface area (Å²) in [6.45, 7) is 0. The van der Waals surface area contributed by atoms with Gasteiger partial charge in [0.2, 0.25) is 0 Å². The van der Waals surface area contributed by atoms with Gasteiger partial charge in [0.25, 0.3) is 5.91 Å². The standard InChI is InChI=1S/C6H3N3O.C3H3NS/c10-6-4-1-2-7-5(4)8-3-9-6;1-2-5-3-4-1/h1-3H;1-3H. The summed E-state index contributed by atoms with van der Waals surface area (Å²) in [6, 6.07) is 0. The number of allylic oxidation sites excluding steroid dienone is 1. The van der Waals surface area contributed by atoms with Crippen molar-refractivity contribution >= 4 is 35.6 Å². The van der Waals surface area contributed by atoms with Crippen molar-refractivity contribution in [2.75, 3.05) is 0 Å². The van der Waals surface area contributed by atoms with Gasteiger partial charge in [0.05, 0.1) is 11.1 Å². The van der Waals surface area contributed by atoms with Crippen LogP contribution < -0.4 is 0 Å². The van der Waals surface area contributed by atoms with E-state index in [4.69, 9.17) is 0 Å². The molecule has 0 bridgehead atoms. The van der Waals surface area contributed by atoms with Gasteiger partial charge in [-0.3, -0.25) is 9.78 Å². The van der Waals surface area contributed by atoms with E-state index in [0.717, 1.165) is 0 Å². The SMILES string of the molecule is O=C1N=CN=C2N=CC=C12.c1cscn1. The van der Waals surface area contributed by atoms with E-state index >= 15 is 0 Å². The molecule has 15 heavy (non-hydrogen) atoms. The van der Waals surface area contributed by atoms with Gasteiger partial charge in [0.1, 0.15) is 6.34 Å². The summed E-state index contributed by atoms with van der Waals surface area (Å²) >= 11 is 1.60. The molecule has 0 saturated heterocycles. The van der Waals surface area contributed by atoms with Gasteiger partial charge < -0.3 is 0 Å². The van der Waals surface area contributed by atoms with Gasteiger partial charge in [-0.25, -0.2) is 9.98 Å². The second-order valence-electron chi connectivity index (χ2n) is 2.54. The van der Waals surface area contributed by atoms with Crippen molar-refractivity contribution in [3.8, 4) is 0 Å². The van der Waals surface area contributed by atoms with E-state index < -0.39 is 0 Å². The molecule has 2 aliphatic rings. The van der Waals surface area contributed by atoms with Crippen LogP contribution >= 0.6 is 11.3 Å². The van der Waals surface area contributed by atoms with E-state index in [1.807, 2.05) is 5.38 Å². The molecular formula is C9H6N4OS. The lowest BCUT2D eigenvalue weighted by molar-refractivity contribution is -0.113. The molecule has 1 aromatic heterocycles. The fourth-order valence-electron chi connectivity index (χ4n) is 0.978. The number of carbonyl (C=O) groups excluding carboxylic acids is 1. The molecule has 0 aromatic carbocycles. The number of carbonyl (C=O) groups is 1. The summed E-state index contributed by atoms with van der Waals surface area (Å²) in [7, 11) is 0. The van der Waals surface area contributed by atoms with Crippen LogP contribution in [-0.2, 0) is 4.79 Å². The zero-order valence-corrected chi connectivity index (χ0v) is 8.39. The van der Waals surface area contributed by atoms with Crippen LogP contribution in [0.5, 0.6) is 0 Å². The fraction of sp³-hybridized carbons (Fsp3) is 0. The molecule has 74 valence electrons. The molecule has 1 aromatic rings. The highest BCUT2D eigenvalue weighted by atomic mass is 32.1. The Bertz CT molecular complexity index is 447. The lowest BCUT2D eigenvalue weighted by Crippen LogP contribution is -2.10. The maximum absolute atomic E-state index is 10.8. The number of rotatable bonds is 0. The van der Waals surface area contributed by atoms with Gasteiger partial charge in [-0.05, 0) is 6.08 Å². The molecule has 5 nitrogen and oxygen atoms in total. The average Bonchev–Trinajstić information content (AvgIpc) is 2.93. The summed E-state index contributed by atoms with van der Waals surface area (Å²) in [6.07, 6.45) is 6.14. The largest absolute Gasteiger partial charge is 0.282 e. The van der Waals surface area contributed by atoms with E-state index in [1.54, 1.807) is 35.3 Å². The molecule has 0 radical (unpaired) electrons. The molecule has 0 fully saturated rings. The maximum atomic E-state index is 10.8. The Morgan fingerprint density at radius 1 is 1.27 bits per heavy atom. The van der Waals surface area contributed by atoms with Crippen molar-refractivity contribution in [2.45, 2.75) is 0 Å². The predicted octanol–water partition coefficient (Wildman–Crippen LogP) is 1.11. The van der Waals surface area contributed by atoms with Crippen LogP contribution in [0.4, 0.5) is 0 Å². The summed E-state index contributed by atoms with van der Waals surface area (Å²) < 4.78 is 0. The normalized spacial score (nSPS) is 16.4. The second-order valence-corrected chi connectivity index (χ2v) is 3.29. The van der Waals surface area contributed by atoms with Gasteiger partial charge in [-0.1, -0.05) is 0 Å². The molecule has 0 unspecified atom stereocenters. The van der Waals surface area contributed by atoms with Crippen molar-refractivity contribution in [3.63, 3.8) is 0 Å². The Labute approximate surface area is 89.6 Å². The quantitative estimate of drug-likeness (QED) is 0.654. The van der Waals surface area contributed by atoms with E-state index in [0.29, 0.717) is 11.4 Å². The highest BCUT2D eigenvalue weighted by molar-refractivity contribution is 7.07. The minimum Gasteiger partial charge on any atom is -0.267 e. The van der Waals surface area contributed by atoms with Crippen molar-refractivity contribution < 1.29 is 4.79 Å². The molecule has 0 N–H and O–H groups in total. The van der Waals surface area contributed by atoms with Crippen LogP contribution in [0.25, 0.3) is 0 Å². The second kappa shape index (κ2) is 4.52. The number of hydrogen-bond acceptors (Lipinski definition) is 5. The smallest absolute Gasteiger partial charge is 0.267 e. The molecule has 3 heterocycles. The van der Waals surface area contributed by atoms with Crippen LogP contribution in [0.15, 0.2) is 43.7 Å². The first kappa shape index (κ1) is 9.60. The number of nitrogens with zero attached hydrogens (tertiary/aromatic N) is 4. The number of aromatic nitrogens is 1. The Balaban J connectivity index is 0.000000144. The Hall–Kier alpha value is -1.95. The summed E-state index contributed by atoms with van der Waals surface area (Å²) in [5.74, 6) is 0.211. The third kappa shape index (κ3) is 2.29. The molecule has 0 saturated carbocycles. The van der Waals surface area contributed by atoms with Crippen LogP contribution in [0.3, 0.4) is 0 Å². The minimum atomic E-state index is -0.262. The van der Waals surface area contributed by atoms with Crippen LogP contribution in [0, 0.1) is 0 Å². The Kier molecular flexibility index (Phi) is 2.89. The Morgan fingerprint density at radius 3 is 2.80 bits per heavy atom. The topological polar surface area (TPSA) is 67.0 Å². The lowest BCUT2D eigenvalue weighted by atomic mass is 10.2. The maximum Gasteiger partial charge on any atom is 0.282 e. The highest BCUT2D eigenvalue weighted by Gasteiger charge is 2.19. The van der Waals surface area contributed by atoms with Gasteiger partial charge in [-0.15, -0.1) is 11.3 Å². The third-order valence-corrected chi connectivity index (χ3v) is 2.13. The first-order valence-electron chi connectivity index (χ1n) is 4.09. The first-order chi connectivity index (χ1) is 7.38. The molecular weight excluding hydrogens is 212 g/mol. The zero-order valence-electron chi connectivity index (χ0n) is 7.57. The van der Waals surface area contributed by atoms with Crippen molar-refractivity contribution in [1.82, 2.24) is 4.98 Å². The van der Waals surface area contributed by atoms with E-state index in [9.17, 15) is 4.79 Å². The van der Waals surface area contributed by atoms with E-state index in [1.165, 1.54) is 6.34 Å². The van der Waals surface area contributed by atoms with Crippen molar-refractivity contribution in [1.29, 1.82) is 0 Å². The zero-order chi connectivity index (χ0) is 10.5. The fourth-order valence-corrected chi connectivity index (χ4v) is 1.33. The number of amidine groups is 1. The minimum absolute atomic E-state index is 0.262. The predicted molar refractivity (Wildman–Crippen MR) is 59.6 cm³/mol. The molecule has 1 amide bonds. The number of amides is 1. The molecule has 2 aliphatic heterocycles. The van der Waals surface area contributed by atoms with Gasteiger partial charge in [0.15, 0.2) is 5.84 Å². The monoisotopic (exact) mass is 218 g/mol. The van der Waals surface area contributed by atoms with E-state index in [-0.39, 0.29) is 5.91 Å². The van der Waals surface area contributed by atoms with Crippen LogP contribution in [-0.4, -0.2) is 29.3 Å². The number of hydrogen-bond donors (Lipinski definition) is 0. The van der Waals surface area contributed by atoms with Crippen LogP contribution in [0.1, 0.15) is 0 Å². The van der Waals surface area contributed by atoms with Crippen LogP contribution in [0.2, 0.25) is 0 Å². The molecule has 6 heteroatoms. The number of thiazole rings is 1. The Morgan fingerprint density at radius 2 is 2.20 bits per heavy atom. The average molecular weight is 218 g/mol. The van der Waals surface area contributed by atoms with Gasteiger partial charge in [0, 0.05) is 17.8 Å². The summed E-state index contributed by atoms with van der Waals surface area (Å²) in [5.41, 5.74) is 2.28. The van der Waals surface area contributed by atoms with Crippen molar-refractivity contribution in [3.05, 3.63) is 28.7 Å². The number of fused-ring (bicyclic) bond motifs is 1. The first-order valence-corrected chi connectivity index (χ1v) is 5.04. The molecule has 0 atom stereocenters. The lowest BCUT2D eigenvalue weighted by Gasteiger charge is -1.98. The van der Waals surface area contributed by atoms with E-state index in [2.05, 4.69) is 20.0 Å². The summed E-state index contributed by atoms with van der Waals surface area (Å²) in [5, 5.41) is 1.93.